The first-order valence-electron chi connectivity index (χ1n) is 6.25. The third kappa shape index (κ3) is 3.22. The van der Waals surface area contributed by atoms with Gasteiger partial charge in [-0.05, 0) is 38.5 Å². The van der Waals surface area contributed by atoms with E-state index in [0.717, 1.165) is 23.1 Å². The molecular weight excluding hydrogens is 310 g/mol. The zero-order chi connectivity index (χ0) is 13.3. The lowest BCUT2D eigenvalue weighted by atomic mass is 10.1. The summed E-state index contributed by atoms with van der Waals surface area (Å²) in [6, 6.07) is 6.24. The van der Waals surface area contributed by atoms with Crippen molar-refractivity contribution in [3.63, 3.8) is 0 Å². The lowest BCUT2D eigenvalue weighted by Gasteiger charge is -2.39. The molecule has 0 saturated carbocycles. The molecule has 4 heteroatoms. The van der Waals surface area contributed by atoms with Crippen molar-refractivity contribution in [3.05, 3.63) is 28.2 Å². The van der Waals surface area contributed by atoms with Crippen LogP contribution < -0.4 is 4.90 Å². The molecule has 100 valence electrons. The number of rotatable bonds is 2. The minimum Gasteiger partial charge on any atom is -0.389 e. The SMILES string of the molecule is C[C@@H](O)c1ccc(N2CCSC(C)(C)C2)cc1Br. The van der Waals surface area contributed by atoms with E-state index < -0.39 is 6.10 Å². The van der Waals surface area contributed by atoms with Crippen LogP contribution in [0.1, 0.15) is 32.4 Å². The first-order valence-corrected chi connectivity index (χ1v) is 8.03. The van der Waals surface area contributed by atoms with Crippen LogP contribution in [0.2, 0.25) is 0 Å². The number of halogens is 1. The van der Waals surface area contributed by atoms with Crippen molar-refractivity contribution >= 4 is 33.4 Å². The Morgan fingerprint density at radius 3 is 2.72 bits per heavy atom. The van der Waals surface area contributed by atoms with Crippen LogP contribution in [0.4, 0.5) is 5.69 Å². The molecule has 1 aliphatic heterocycles. The van der Waals surface area contributed by atoms with E-state index in [0.29, 0.717) is 4.75 Å². The van der Waals surface area contributed by atoms with E-state index in [4.69, 9.17) is 0 Å². The predicted octanol–water partition coefficient (Wildman–Crippen LogP) is 3.83. The fraction of sp³-hybridized carbons (Fsp3) is 0.571. The third-order valence-electron chi connectivity index (χ3n) is 3.22. The van der Waals surface area contributed by atoms with Gasteiger partial charge in [0.1, 0.15) is 0 Å². The van der Waals surface area contributed by atoms with Crippen LogP contribution in [0, 0.1) is 0 Å². The Balaban J connectivity index is 2.21. The Labute approximate surface area is 122 Å². The monoisotopic (exact) mass is 329 g/mol. The van der Waals surface area contributed by atoms with Crippen LogP contribution in [0.25, 0.3) is 0 Å². The number of aliphatic hydroxyl groups is 1. The number of benzene rings is 1. The second kappa shape index (κ2) is 5.43. The summed E-state index contributed by atoms with van der Waals surface area (Å²) >= 11 is 5.59. The molecule has 0 amide bonds. The molecule has 1 N–H and O–H groups in total. The van der Waals surface area contributed by atoms with Crippen LogP contribution in [0.15, 0.2) is 22.7 Å². The molecule has 1 aromatic rings. The van der Waals surface area contributed by atoms with Gasteiger partial charge in [-0.1, -0.05) is 22.0 Å². The van der Waals surface area contributed by atoms with Gasteiger partial charge in [-0.25, -0.2) is 0 Å². The molecular formula is C14H20BrNOS. The lowest BCUT2D eigenvalue weighted by molar-refractivity contribution is 0.198. The highest BCUT2D eigenvalue weighted by Crippen LogP contribution is 2.34. The summed E-state index contributed by atoms with van der Waals surface area (Å²) in [6.07, 6.45) is -0.429. The Morgan fingerprint density at radius 2 is 2.17 bits per heavy atom. The van der Waals surface area contributed by atoms with Crippen LogP contribution >= 0.6 is 27.7 Å². The first kappa shape index (κ1) is 14.2. The summed E-state index contributed by atoms with van der Waals surface area (Å²) in [7, 11) is 0. The number of hydrogen-bond acceptors (Lipinski definition) is 3. The highest BCUT2D eigenvalue weighted by atomic mass is 79.9. The van der Waals surface area contributed by atoms with Gasteiger partial charge in [-0.15, -0.1) is 0 Å². The van der Waals surface area contributed by atoms with Gasteiger partial charge >= 0.3 is 0 Å². The molecule has 1 heterocycles. The van der Waals surface area contributed by atoms with E-state index in [-0.39, 0.29) is 0 Å². The second-order valence-corrected chi connectivity index (χ2v) is 8.07. The lowest BCUT2D eigenvalue weighted by Crippen LogP contribution is -2.43. The summed E-state index contributed by atoms with van der Waals surface area (Å²) in [4.78, 5) is 2.42. The molecule has 0 spiro atoms. The highest BCUT2D eigenvalue weighted by Gasteiger charge is 2.27. The average Bonchev–Trinajstić information content (AvgIpc) is 2.27. The summed E-state index contributed by atoms with van der Waals surface area (Å²) in [5.41, 5.74) is 2.18. The maximum absolute atomic E-state index is 9.64. The van der Waals surface area contributed by atoms with Crippen molar-refractivity contribution in [1.82, 2.24) is 0 Å². The molecule has 1 fully saturated rings. The highest BCUT2D eigenvalue weighted by molar-refractivity contribution is 9.10. The van der Waals surface area contributed by atoms with E-state index in [2.05, 4.69) is 46.8 Å². The summed E-state index contributed by atoms with van der Waals surface area (Å²) in [5, 5.41) is 9.64. The maximum Gasteiger partial charge on any atom is 0.0772 e. The van der Waals surface area contributed by atoms with Crippen LogP contribution in [-0.4, -0.2) is 28.7 Å². The van der Waals surface area contributed by atoms with Crippen LogP contribution in [0.5, 0.6) is 0 Å². The molecule has 0 aromatic heterocycles. The molecule has 0 unspecified atom stereocenters. The van der Waals surface area contributed by atoms with E-state index in [9.17, 15) is 5.11 Å². The van der Waals surface area contributed by atoms with Gasteiger partial charge in [0, 0.05) is 33.7 Å². The van der Waals surface area contributed by atoms with Crippen molar-refractivity contribution in [1.29, 1.82) is 0 Å². The summed E-state index contributed by atoms with van der Waals surface area (Å²) in [5.74, 6) is 1.17. The molecule has 1 saturated heterocycles. The van der Waals surface area contributed by atoms with Gasteiger partial charge in [0.25, 0.3) is 0 Å². The number of aliphatic hydroxyl groups excluding tert-OH is 1. The van der Waals surface area contributed by atoms with Crippen LogP contribution in [0.3, 0.4) is 0 Å². The van der Waals surface area contributed by atoms with Gasteiger partial charge in [0.05, 0.1) is 6.10 Å². The predicted molar refractivity (Wildman–Crippen MR) is 83.5 cm³/mol. The zero-order valence-corrected chi connectivity index (χ0v) is 13.5. The standard InChI is InChI=1S/C14H20BrNOS/c1-10(17)12-5-4-11(8-13(12)15)16-6-7-18-14(2,3)9-16/h4-5,8,10,17H,6-7,9H2,1-3H3/t10-/m1/s1. The van der Waals surface area contributed by atoms with Gasteiger partial charge in [-0.2, -0.15) is 11.8 Å². The number of anilines is 1. The van der Waals surface area contributed by atoms with Crippen molar-refractivity contribution in [3.8, 4) is 0 Å². The molecule has 0 aliphatic carbocycles. The molecule has 0 bridgehead atoms. The fourth-order valence-electron chi connectivity index (χ4n) is 2.29. The smallest absolute Gasteiger partial charge is 0.0772 e. The van der Waals surface area contributed by atoms with Crippen molar-refractivity contribution < 1.29 is 5.11 Å². The second-order valence-electron chi connectivity index (χ2n) is 5.41. The quantitative estimate of drug-likeness (QED) is 0.891. The topological polar surface area (TPSA) is 23.5 Å². The van der Waals surface area contributed by atoms with Gasteiger partial charge in [-0.3, -0.25) is 0 Å². The van der Waals surface area contributed by atoms with Gasteiger partial charge in [0.15, 0.2) is 0 Å². The van der Waals surface area contributed by atoms with Gasteiger partial charge < -0.3 is 10.0 Å². The minimum atomic E-state index is -0.429. The normalized spacial score (nSPS) is 20.8. The Kier molecular flexibility index (Phi) is 4.29. The molecule has 18 heavy (non-hydrogen) atoms. The minimum absolute atomic E-state index is 0.313. The molecule has 1 aliphatic rings. The van der Waals surface area contributed by atoms with E-state index in [1.165, 1.54) is 11.4 Å². The average molecular weight is 330 g/mol. The van der Waals surface area contributed by atoms with Crippen molar-refractivity contribution in [2.24, 2.45) is 0 Å². The Bertz CT molecular complexity index is 434. The molecule has 2 rings (SSSR count). The zero-order valence-electron chi connectivity index (χ0n) is 11.1. The molecule has 0 radical (unpaired) electrons. The first-order chi connectivity index (χ1) is 8.39. The molecule has 2 nitrogen and oxygen atoms in total. The third-order valence-corrected chi connectivity index (χ3v) is 5.21. The fourth-order valence-corrected chi connectivity index (χ4v) is 4.10. The maximum atomic E-state index is 9.64. The van der Waals surface area contributed by atoms with Crippen molar-refractivity contribution in [2.75, 3.05) is 23.7 Å². The number of hydrogen-bond donors (Lipinski definition) is 1. The molecule has 1 atom stereocenters. The number of thioether (sulfide) groups is 1. The molecule has 1 aromatic carbocycles. The van der Waals surface area contributed by atoms with E-state index in [1.807, 2.05) is 17.8 Å². The van der Waals surface area contributed by atoms with E-state index >= 15 is 0 Å². The Hall–Kier alpha value is -0.190. The Morgan fingerprint density at radius 1 is 1.44 bits per heavy atom. The number of nitrogens with zero attached hydrogens (tertiary/aromatic N) is 1. The van der Waals surface area contributed by atoms with Crippen molar-refractivity contribution in [2.45, 2.75) is 31.6 Å². The largest absolute Gasteiger partial charge is 0.389 e. The summed E-state index contributed by atoms with van der Waals surface area (Å²) < 4.78 is 1.30. The van der Waals surface area contributed by atoms with Gasteiger partial charge in [0.2, 0.25) is 0 Å². The van der Waals surface area contributed by atoms with E-state index in [1.54, 1.807) is 6.92 Å². The van der Waals surface area contributed by atoms with Crippen LogP contribution in [-0.2, 0) is 0 Å². The summed E-state index contributed by atoms with van der Waals surface area (Å²) in [6.45, 7) is 8.54.